The average molecular weight is 262 g/mol. The van der Waals surface area contributed by atoms with Gasteiger partial charge in [-0.2, -0.15) is 5.26 Å². The molecule has 1 aromatic carbocycles. The van der Waals surface area contributed by atoms with Crippen LogP contribution in [0.1, 0.15) is 26.3 Å². The van der Waals surface area contributed by atoms with Crippen LogP contribution in [0.4, 0.5) is 0 Å². The Balaban J connectivity index is 2.38. The lowest BCUT2D eigenvalue weighted by Crippen LogP contribution is -2.30. The molecule has 0 aliphatic carbocycles. The van der Waals surface area contributed by atoms with Crippen molar-refractivity contribution in [3.8, 4) is 11.8 Å². The van der Waals surface area contributed by atoms with E-state index in [-0.39, 0.29) is 12.0 Å². The van der Waals surface area contributed by atoms with E-state index in [9.17, 15) is 5.11 Å². The van der Waals surface area contributed by atoms with E-state index >= 15 is 0 Å². The third-order valence-corrected chi connectivity index (χ3v) is 2.87. The maximum absolute atomic E-state index is 9.66. The molecule has 0 bridgehead atoms. The van der Waals surface area contributed by atoms with Crippen molar-refractivity contribution >= 4 is 0 Å². The zero-order valence-electron chi connectivity index (χ0n) is 11.8. The van der Waals surface area contributed by atoms with Gasteiger partial charge in [0.15, 0.2) is 6.10 Å². The Morgan fingerprint density at radius 2 is 1.89 bits per heavy atom. The number of nitrogens with one attached hydrogen (secondary N) is 1. The van der Waals surface area contributed by atoms with E-state index in [0.717, 1.165) is 5.56 Å². The highest BCUT2D eigenvalue weighted by atomic mass is 16.5. The third-order valence-electron chi connectivity index (χ3n) is 2.87. The number of ether oxygens (including phenoxy) is 1. The van der Waals surface area contributed by atoms with Crippen molar-refractivity contribution in [3.63, 3.8) is 0 Å². The molecule has 2 unspecified atom stereocenters. The largest absolute Gasteiger partial charge is 0.476 e. The van der Waals surface area contributed by atoms with Gasteiger partial charge < -0.3 is 15.2 Å². The molecule has 0 aliphatic heterocycles. The van der Waals surface area contributed by atoms with Crippen molar-refractivity contribution in [2.75, 3.05) is 6.54 Å². The molecule has 0 aliphatic rings. The SMILES string of the molecule is CC(C#N)Oc1ccc(CNCC(O)C(C)C)cc1. The van der Waals surface area contributed by atoms with Gasteiger partial charge in [-0.1, -0.05) is 26.0 Å². The van der Waals surface area contributed by atoms with E-state index in [2.05, 4.69) is 5.32 Å². The number of aliphatic hydroxyl groups is 1. The van der Waals surface area contributed by atoms with Crippen LogP contribution in [0.25, 0.3) is 0 Å². The van der Waals surface area contributed by atoms with Gasteiger partial charge >= 0.3 is 0 Å². The molecular weight excluding hydrogens is 240 g/mol. The fourth-order valence-electron chi connectivity index (χ4n) is 1.52. The summed E-state index contributed by atoms with van der Waals surface area (Å²) in [6.07, 6.45) is -0.760. The van der Waals surface area contributed by atoms with Gasteiger partial charge in [-0.25, -0.2) is 0 Å². The first kappa shape index (κ1) is 15.5. The molecule has 19 heavy (non-hydrogen) atoms. The summed E-state index contributed by atoms with van der Waals surface area (Å²) in [6.45, 7) is 6.99. The van der Waals surface area contributed by atoms with E-state index in [4.69, 9.17) is 10.00 Å². The molecule has 4 nitrogen and oxygen atoms in total. The molecule has 104 valence electrons. The monoisotopic (exact) mass is 262 g/mol. The number of hydrogen-bond acceptors (Lipinski definition) is 4. The zero-order valence-corrected chi connectivity index (χ0v) is 11.8. The van der Waals surface area contributed by atoms with Crippen LogP contribution in [0.2, 0.25) is 0 Å². The first-order valence-corrected chi connectivity index (χ1v) is 6.57. The Kier molecular flexibility index (Phi) is 6.34. The normalized spacial score (nSPS) is 13.9. The van der Waals surface area contributed by atoms with Crippen molar-refractivity contribution in [3.05, 3.63) is 29.8 Å². The van der Waals surface area contributed by atoms with Crippen LogP contribution < -0.4 is 10.1 Å². The first-order valence-electron chi connectivity index (χ1n) is 6.57. The van der Waals surface area contributed by atoms with Gasteiger partial charge in [0.05, 0.1) is 6.10 Å². The average Bonchev–Trinajstić information content (AvgIpc) is 2.40. The van der Waals surface area contributed by atoms with Gasteiger partial charge in [0.2, 0.25) is 0 Å². The summed E-state index contributed by atoms with van der Waals surface area (Å²) in [5.74, 6) is 0.954. The topological polar surface area (TPSA) is 65.3 Å². The van der Waals surface area contributed by atoms with Crippen molar-refractivity contribution in [2.45, 2.75) is 39.5 Å². The van der Waals surface area contributed by atoms with Gasteiger partial charge in [-0.3, -0.25) is 0 Å². The minimum absolute atomic E-state index is 0.260. The summed E-state index contributed by atoms with van der Waals surface area (Å²) in [5, 5.41) is 21.5. The van der Waals surface area contributed by atoms with Crippen molar-refractivity contribution in [1.82, 2.24) is 5.32 Å². The molecule has 0 fully saturated rings. The van der Waals surface area contributed by atoms with Gasteiger partial charge in [0, 0.05) is 13.1 Å². The number of nitrogens with zero attached hydrogens (tertiary/aromatic N) is 1. The molecular formula is C15H22N2O2. The van der Waals surface area contributed by atoms with Gasteiger partial charge in [0.25, 0.3) is 0 Å². The summed E-state index contributed by atoms with van der Waals surface area (Å²) < 4.78 is 5.37. The maximum Gasteiger partial charge on any atom is 0.181 e. The standard InChI is InChI=1S/C15H22N2O2/c1-11(2)15(18)10-17-9-13-4-6-14(7-5-13)19-12(3)8-16/h4-7,11-12,15,17-18H,9-10H2,1-3H3. The predicted molar refractivity (Wildman–Crippen MR) is 74.7 cm³/mol. The fraction of sp³-hybridized carbons (Fsp3) is 0.533. The summed E-state index contributed by atoms with van der Waals surface area (Å²) in [6, 6.07) is 9.63. The van der Waals surface area contributed by atoms with E-state index < -0.39 is 6.10 Å². The van der Waals surface area contributed by atoms with Gasteiger partial charge in [0.1, 0.15) is 11.8 Å². The summed E-state index contributed by atoms with van der Waals surface area (Å²) in [7, 11) is 0. The van der Waals surface area contributed by atoms with Crippen LogP contribution in [0.15, 0.2) is 24.3 Å². The van der Waals surface area contributed by atoms with Crippen LogP contribution in [0.3, 0.4) is 0 Å². The highest BCUT2D eigenvalue weighted by Gasteiger charge is 2.08. The molecule has 1 rings (SSSR count). The highest BCUT2D eigenvalue weighted by molar-refractivity contribution is 5.27. The third kappa shape index (κ3) is 5.73. The number of aliphatic hydroxyl groups excluding tert-OH is 1. The Morgan fingerprint density at radius 3 is 2.42 bits per heavy atom. The zero-order chi connectivity index (χ0) is 14.3. The molecule has 1 aromatic rings. The number of benzene rings is 1. The second-order valence-electron chi connectivity index (χ2n) is 4.98. The first-order chi connectivity index (χ1) is 9.02. The Labute approximate surface area is 115 Å². The lowest BCUT2D eigenvalue weighted by molar-refractivity contribution is 0.123. The molecule has 2 N–H and O–H groups in total. The molecule has 0 saturated heterocycles. The molecule has 0 amide bonds. The Morgan fingerprint density at radius 1 is 1.26 bits per heavy atom. The minimum atomic E-state index is -0.440. The fourth-order valence-corrected chi connectivity index (χ4v) is 1.52. The van der Waals surface area contributed by atoms with Crippen LogP contribution in [-0.2, 0) is 6.54 Å². The van der Waals surface area contributed by atoms with Gasteiger partial charge in [-0.15, -0.1) is 0 Å². The smallest absolute Gasteiger partial charge is 0.181 e. The molecule has 0 heterocycles. The lowest BCUT2D eigenvalue weighted by atomic mass is 10.1. The van der Waals surface area contributed by atoms with E-state index in [1.165, 1.54) is 0 Å². The predicted octanol–water partition coefficient (Wildman–Crippen LogP) is 2.08. The second kappa shape index (κ2) is 7.78. The molecule has 4 heteroatoms. The number of nitriles is 1. The van der Waals surface area contributed by atoms with Crippen LogP contribution in [0, 0.1) is 17.2 Å². The second-order valence-corrected chi connectivity index (χ2v) is 4.98. The number of rotatable bonds is 7. The van der Waals surface area contributed by atoms with E-state index in [1.54, 1.807) is 6.92 Å². The quantitative estimate of drug-likeness (QED) is 0.789. The molecule has 0 spiro atoms. The summed E-state index contributed by atoms with van der Waals surface area (Å²) in [5.41, 5.74) is 1.12. The minimum Gasteiger partial charge on any atom is -0.476 e. The van der Waals surface area contributed by atoms with Crippen LogP contribution in [-0.4, -0.2) is 23.9 Å². The molecule has 2 atom stereocenters. The molecule has 0 aromatic heterocycles. The summed E-state index contributed by atoms with van der Waals surface area (Å²) >= 11 is 0. The number of hydrogen-bond donors (Lipinski definition) is 2. The van der Waals surface area contributed by atoms with Gasteiger partial charge in [-0.05, 0) is 30.5 Å². The molecule has 0 radical (unpaired) electrons. The van der Waals surface area contributed by atoms with E-state index in [0.29, 0.717) is 18.8 Å². The maximum atomic E-state index is 9.66. The van der Waals surface area contributed by atoms with E-state index in [1.807, 2.05) is 44.2 Å². The molecule has 0 saturated carbocycles. The van der Waals surface area contributed by atoms with Crippen LogP contribution in [0.5, 0.6) is 5.75 Å². The van der Waals surface area contributed by atoms with Crippen molar-refractivity contribution in [1.29, 1.82) is 5.26 Å². The highest BCUT2D eigenvalue weighted by Crippen LogP contribution is 2.13. The Hall–Kier alpha value is -1.57. The van der Waals surface area contributed by atoms with Crippen molar-refractivity contribution < 1.29 is 9.84 Å². The summed E-state index contributed by atoms with van der Waals surface area (Å²) in [4.78, 5) is 0. The van der Waals surface area contributed by atoms with Crippen molar-refractivity contribution in [2.24, 2.45) is 5.92 Å². The van der Waals surface area contributed by atoms with Crippen LogP contribution >= 0.6 is 0 Å². The lowest BCUT2D eigenvalue weighted by Gasteiger charge is -2.15. The Bertz CT molecular complexity index is 409.